The van der Waals surface area contributed by atoms with Gasteiger partial charge >= 0.3 is 6.36 Å². The maximum absolute atomic E-state index is 12.3. The van der Waals surface area contributed by atoms with Crippen molar-refractivity contribution in [2.24, 2.45) is 5.92 Å². The third-order valence-electron chi connectivity index (χ3n) is 3.33. The number of hydrogen-bond acceptors (Lipinski definition) is 3. The highest BCUT2D eigenvalue weighted by Gasteiger charge is 2.32. The van der Waals surface area contributed by atoms with E-state index in [2.05, 4.69) is 15.4 Å². The number of halogens is 3. The third-order valence-corrected chi connectivity index (χ3v) is 3.33. The summed E-state index contributed by atoms with van der Waals surface area (Å²) in [6.45, 7) is 1.84. The van der Waals surface area contributed by atoms with Crippen LogP contribution < -0.4 is 15.4 Å². The third kappa shape index (κ3) is 5.26. The van der Waals surface area contributed by atoms with Crippen molar-refractivity contribution in [3.8, 4) is 5.75 Å². The Balaban J connectivity index is 1.90. The highest BCUT2D eigenvalue weighted by molar-refractivity contribution is 5.92. The van der Waals surface area contributed by atoms with Crippen LogP contribution in [0, 0.1) is 5.92 Å². The molecule has 0 radical (unpaired) electrons. The van der Waals surface area contributed by atoms with Crippen molar-refractivity contribution in [2.45, 2.75) is 25.6 Å². The van der Waals surface area contributed by atoms with E-state index < -0.39 is 12.1 Å². The van der Waals surface area contributed by atoms with Crippen LogP contribution in [0.25, 0.3) is 0 Å². The molecule has 1 fully saturated rings. The molecular weight excluding hydrogens is 285 g/mol. The lowest BCUT2D eigenvalue weighted by atomic mass is 10.0. The lowest BCUT2D eigenvalue weighted by Crippen LogP contribution is -2.20. The molecule has 0 saturated carbocycles. The molecule has 1 aliphatic rings. The van der Waals surface area contributed by atoms with Crippen LogP contribution in [-0.2, 0) is 4.79 Å². The van der Waals surface area contributed by atoms with Gasteiger partial charge in [-0.15, -0.1) is 13.2 Å². The fourth-order valence-electron chi connectivity index (χ4n) is 2.29. The fourth-order valence-corrected chi connectivity index (χ4v) is 2.29. The standard InChI is InChI=1S/C14H17F3N2O2/c15-14(16,17)21-12-4-2-1-3-11(12)19-13(20)6-5-10-7-8-18-9-10/h1-4,10,18H,5-9H2,(H,19,20). The topological polar surface area (TPSA) is 50.4 Å². The number of ether oxygens (including phenoxy) is 1. The zero-order valence-corrected chi connectivity index (χ0v) is 11.4. The normalized spacial score (nSPS) is 18.5. The second-order valence-electron chi connectivity index (χ2n) is 4.99. The second kappa shape index (κ2) is 6.80. The lowest BCUT2D eigenvalue weighted by Gasteiger charge is -2.14. The number of anilines is 1. The highest BCUT2D eigenvalue weighted by Crippen LogP contribution is 2.30. The number of benzene rings is 1. The van der Waals surface area contributed by atoms with E-state index in [0.717, 1.165) is 25.9 Å². The number of rotatable bonds is 5. The number of carbonyl (C=O) groups excluding carboxylic acids is 1. The van der Waals surface area contributed by atoms with Crippen molar-refractivity contribution in [2.75, 3.05) is 18.4 Å². The largest absolute Gasteiger partial charge is 0.573 e. The van der Waals surface area contributed by atoms with Crippen molar-refractivity contribution in [1.29, 1.82) is 0 Å². The van der Waals surface area contributed by atoms with Crippen molar-refractivity contribution >= 4 is 11.6 Å². The minimum atomic E-state index is -4.78. The molecule has 116 valence electrons. The predicted octanol–water partition coefficient (Wildman–Crippen LogP) is 2.91. The Bertz CT molecular complexity index is 485. The number of hydrogen-bond donors (Lipinski definition) is 2. The minimum Gasteiger partial charge on any atom is -0.404 e. The average Bonchev–Trinajstić information content (AvgIpc) is 2.90. The smallest absolute Gasteiger partial charge is 0.404 e. The van der Waals surface area contributed by atoms with Crippen LogP contribution in [0.4, 0.5) is 18.9 Å². The van der Waals surface area contributed by atoms with Crippen LogP contribution in [-0.4, -0.2) is 25.4 Å². The summed E-state index contributed by atoms with van der Waals surface area (Å²) >= 11 is 0. The lowest BCUT2D eigenvalue weighted by molar-refractivity contribution is -0.274. The molecule has 1 amide bonds. The van der Waals surface area contributed by atoms with Gasteiger partial charge in [0.15, 0.2) is 5.75 Å². The molecular formula is C14H17F3N2O2. The summed E-state index contributed by atoms with van der Waals surface area (Å²) in [6, 6.07) is 5.51. The van der Waals surface area contributed by atoms with E-state index >= 15 is 0 Å². The number of carbonyl (C=O) groups is 1. The van der Waals surface area contributed by atoms with Crippen LogP contribution in [0.3, 0.4) is 0 Å². The molecule has 0 aliphatic carbocycles. The van der Waals surface area contributed by atoms with Crippen LogP contribution in [0.2, 0.25) is 0 Å². The summed E-state index contributed by atoms with van der Waals surface area (Å²) in [6.07, 6.45) is -2.74. The molecule has 1 unspecified atom stereocenters. The Morgan fingerprint density at radius 2 is 2.14 bits per heavy atom. The Labute approximate surface area is 120 Å². The Morgan fingerprint density at radius 1 is 1.38 bits per heavy atom. The van der Waals surface area contributed by atoms with Crippen molar-refractivity contribution in [3.05, 3.63) is 24.3 Å². The summed E-state index contributed by atoms with van der Waals surface area (Å²) < 4.78 is 40.7. The van der Waals surface area contributed by atoms with Crippen LogP contribution >= 0.6 is 0 Å². The Kier molecular flexibility index (Phi) is 5.06. The van der Waals surface area contributed by atoms with E-state index in [1.54, 1.807) is 6.07 Å². The summed E-state index contributed by atoms with van der Waals surface area (Å²) in [5.74, 6) is -0.251. The van der Waals surface area contributed by atoms with Gasteiger partial charge < -0.3 is 15.4 Å². The maximum Gasteiger partial charge on any atom is 0.573 e. The van der Waals surface area contributed by atoms with Gasteiger partial charge in [-0.05, 0) is 44.0 Å². The molecule has 1 aromatic carbocycles. The summed E-state index contributed by atoms with van der Waals surface area (Å²) in [7, 11) is 0. The van der Waals surface area contributed by atoms with Gasteiger partial charge in [0.05, 0.1) is 5.69 Å². The van der Waals surface area contributed by atoms with Crippen molar-refractivity contribution in [1.82, 2.24) is 5.32 Å². The van der Waals surface area contributed by atoms with E-state index in [-0.39, 0.29) is 18.0 Å². The average molecular weight is 302 g/mol. The molecule has 1 aliphatic heterocycles. The summed E-state index contributed by atoms with van der Waals surface area (Å²) in [5, 5.41) is 5.68. The second-order valence-corrected chi connectivity index (χ2v) is 4.99. The molecule has 2 rings (SSSR count). The maximum atomic E-state index is 12.3. The van der Waals surface area contributed by atoms with Gasteiger partial charge in [0.1, 0.15) is 0 Å². The summed E-state index contributed by atoms with van der Waals surface area (Å²) in [5.41, 5.74) is 0.0318. The number of alkyl halides is 3. The van der Waals surface area contributed by atoms with E-state index in [0.29, 0.717) is 5.92 Å². The monoisotopic (exact) mass is 302 g/mol. The van der Waals surface area contributed by atoms with Crippen LogP contribution in [0.1, 0.15) is 19.3 Å². The van der Waals surface area contributed by atoms with Gasteiger partial charge in [-0.3, -0.25) is 4.79 Å². The van der Waals surface area contributed by atoms with Gasteiger partial charge in [0.2, 0.25) is 5.91 Å². The van der Waals surface area contributed by atoms with Crippen LogP contribution in [0.5, 0.6) is 5.75 Å². The summed E-state index contributed by atoms with van der Waals surface area (Å²) in [4.78, 5) is 11.8. The van der Waals surface area contributed by atoms with E-state index in [4.69, 9.17) is 0 Å². The number of nitrogens with one attached hydrogen (secondary N) is 2. The first kappa shape index (κ1) is 15.6. The molecule has 21 heavy (non-hydrogen) atoms. The van der Waals surface area contributed by atoms with Crippen molar-refractivity contribution < 1.29 is 22.7 Å². The molecule has 0 spiro atoms. The van der Waals surface area contributed by atoms with Gasteiger partial charge in [-0.1, -0.05) is 12.1 Å². The number of amides is 1. The van der Waals surface area contributed by atoms with Gasteiger partial charge in [-0.2, -0.15) is 0 Å². The molecule has 1 aromatic rings. The zero-order chi connectivity index (χ0) is 15.3. The minimum absolute atomic E-state index is 0.0318. The van der Waals surface area contributed by atoms with E-state index in [1.165, 1.54) is 18.2 Å². The molecule has 0 aromatic heterocycles. The zero-order valence-electron chi connectivity index (χ0n) is 11.4. The predicted molar refractivity (Wildman–Crippen MR) is 72.0 cm³/mol. The molecule has 7 heteroatoms. The molecule has 1 atom stereocenters. The van der Waals surface area contributed by atoms with E-state index in [9.17, 15) is 18.0 Å². The van der Waals surface area contributed by atoms with Crippen molar-refractivity contribution in [3.63, 3.8) is 0 Å². The molecule has 2 N–H and O–H groups in total. The van der Waals surface area contributed by atoms with Crippen LogP contribution in [0.15, 0.2) is 24.3 Å². The molecule has 1 saturated heterocycles. The highest BCUT2D eigenvalue weighted by atomic mass is 19.4. The molecule has 0 bridgehead atoms. The molecule has 1 heterocycles. The first-order valence-corrected chi connectivity index (χ1v) is 6.79. The first-order valence-electron chi connectivity index (χ1n) is 6.79. The van der Waals surface area contributed by atoms with Gasteiger partial charge in [0.25, 0.3) is 0 Å². The Hall–Kier alpha value is -1.76. The SMILES string of the molecule is O=C(CCC1CCNC1)Nc1ccccc1OC(F)(F)F. The number of para-hydroxylation sites is 2. The Morgan fingerprint density at radius 3 is 2.81 bits per heavy atom. The van der Waals surface area contributed by atoms with Gasteiger partial charge in [-0.25, -0.2) is 0 Å². The van der Waals surface area contributed by atoms with Gasteiger partial charge in [0, 0.05) is 6.42 Å². The van der Waals surface area contributed by atoms with E-state index in [1.807, 2.05) is 0 Å². The quantitative estimate of drug-likeness (QED) is 0.879. The fraction of sp³-hybridized carbons (Fsp3) is 0.500. The molecule has 4 nitrogen and oxygen atoms in total. The first-order chi connectivity index (χ1) is 9.94.